The fourth-order valence-corrected chi connectivity index (χ4v) is 3.01. The second-order valence-electron chi connectivity index (χ2n) is 2.91. The first-order valence-corrected chi connectivity index (χ1v) is 6.51. The van der Waals surface area contributed by atoms with Crippen LogP contribution in [0.2, 0.25) is 0 Å². The van der Waals surface area contributed by atoms with Crippen LogP contribution in [0.25, 0.3) is 0 Å². The number of rotatable bonds is 3. The van der Waals surface area contributed by atoms with Gasteiger partial charge < -0.3 is 5.11 Å². The average Bonchev–Trinajstić information content (AvgIpc) is 2.31. The number of carboxylic acid groups (broad SMARTS) is 1. The first-order valence-electron chi connectivity index (χ1n) is 4.35. The lowest BCUT2D eigenvalue weighted by Crippen LogP contribution is -2.06. The number of benzene rings is 1. The van der Waals surface area contributed by atoms with Crippen molar-refractivity contribution in [1.82, 2.24) is 0 Å². The van der Waals surface area contributed by atoms with Crippen LogP contribution in [0.15, 0.2) is 17.2 Å². The molecule has 0 atom stereocenters. The van der Waals surface area contributed by atoms with Gasteiger partial charge in [-0.05, 0) is 57.3 Å². The maximum atomic E-state index is 11.1. The van der Waals surface area contributed by atoms with Crippen LogP contribution in [0.5, 0.6) is 0 Å². The van der Waals surface area contributed by atoms with Crippen molar-refractivity contribution in [3.8, 4) is 12.1 Å². The van der Waals surface area contributed by atoms with E-state index in [0.29, 0.717) is 3.57 Å². The predicted octanol–water partition coefficient (Wildman–Crippen LogP) is 2.41. The van der Waals surface area contributed by atoms with Gasteiger partial charge in [0, 0.05) is 7.14 Å². The molecule has 2 N–H and O–H groups in total. The molecular formula is C10H4I2N4O2. The molecule has 6 nitrogen and oxygen atoms in total. The van der Waals surface area contributed by atoms with E-state index in [-0.39, 0.29) is 17.0 Å². The lowest BCUT2D eigenvalue weighted by Gasteiger charge is -2.08. The molecule has 1 aromatic rings. The summed E-state index contributed by atoms with van der Waals surface area (Å²) in [5.74, 6) is -1.11. The minimum absolute atomic E-state index is 0.0327. The number of carbonyl (C=O) groups is 1. The third kappa shape index (κ3) is 3.54. The number of nitrogens with zero attached hydrogens (tertiary/aromatic N) is 3. The lowest BCUT2D eigenvalue weighted by atomic mass is 10.2. The number of aromatic carboxylic acids is 1. The number of hydrogen-bond acceptors (Lipinski definition) is 5. The van der Waals surface area contributed by atoms with Gasteiger partial charge in [0.25, 0.3) is 0 Å². The molecule has 0 saturated heterocycles. The summed E-state index contributed by atoms with van der Waals surface area (Å²) in [4.78, 5) is 11.1. The van der Waals surface area contributed by atoms with E-state index in [2.05, 4.69) is 10.5 Å². The summed E-state index contributed by atoms with van der Waals surface area (Å²) in [7, 11) is 0. The maximum absolute atomic E-state index is 11.1. The number of hydrogen-bond donors (Lipinski definition) is 2. The van der Waals surface area contributed by atoms with Crippen molar-refractivity contribution in [2.45, 2.75) is 0 Å². The van der Waals surface area contributed by atoms with Crippen LogP contribution in [0.3, 0.4) is 0 Å². The van der Waals surface area contributed by atoms with Crippen molar-refractivity contribution in [2.75, 3.05) is 5.43 Å². The molecular weight excluding hydrogens is 462 g/mol. The van der Waals surface area contributed by atoms with E-state index < -0.39 is 5.97 Å². The minimum atomic E-state index is -1.11. The van der Waals surface area contributed by atoms with Gasteiger partial charge in [0.2, 0.25) is 5.71 Å². The molecule has 0 bridgehead atoms. The Hall–Kier alpha value is -1.40. The topological polar surface area (TPSA) is 109 Å². The van der Waals surface area contributed by atoms with Crippen molar-refractivity contribution in [1.29, 1.82) is 10.5 Å². The Balaban J connectivity index is 3.26. The SMILES string of the molecule is N#CC(C#N)=NNc1c(I)cc(I)cc1C(=O)O. The van der Waals surface area contributed by atoms with Gasteiger partial charge >= 0.3 is 5.97 Å². The second kappa shape index (κ2) is 6.51. The van der Waals surface area contributed by atoms with Crippen molar-refractivity contribution in [2.24, 2.45) is 5.10 Å². The minimum Gasteiger partial charge on any atom is -0.478 e. The number of carboxylic acids is 1. The van der Waals surface area contributed by atoms with Crippen LogP contribution in [-0.4, -0.2) is 16.8 Å². The Bertz CT molecular complexity index is 598. The predicted molar refractivity (Wildman–Crippen MR) is 81.1 cm³/mol. The Morgan fingerprint density at radius 2 is 1.94 bits per heavy atom. The monoisotopic (exact) mass is 466 g/mol. The zero-order valence-electron chi connectivity index (χ0n) is 8.61. The Labute approximate surface area is 130 Å². The fourth-order valence-electron chi connectivity index (χ4n) is 1.04. The van der Waals surface area contributed by atoms with Crippen molar-refractivity contribution in [3.63, 3.8) is 0 Å². The number of nitrogens with one attached hydrogen (secondary N) is 1. The van der Waals surface area contributed by atoms with E-state index in [9.17, 15) is 4.79 Å². The largest absolute Gasteiger partial charge is 0.478 e. The summed E-state index contributed by atoms with van der Waals surface area (Å²) < 4.78 is 1.40. The molecule has 0 aliphatic heterocycles. The van der Waals surface area contributed by atoms with Crippen LogP contribution < -0.4 is 5.43 Å². The van der Waals surface area contributed by atoms with Crippen molar-refractivity contribution in [3.05, 3.63) is 24.8 Å². The number of hydrazone groups is 1. The first-order chi connectivity index (χ1) is 8.49. The summed E-state index contributed by atoms with van der Waals surface area (Å²) in [5.41, 5.74) is 2.36. The van der Waals surface area contributed by atoms with E-state index in [1.165, 1.54) is 6.07 Å². The molecule has 0 unspecified atom stereocenters. The number of nitriles is 2. The van der Waals surface area contributed by atoms with E-state index >= 15 is 0 Å². The van der Waals surface area contributed by atoms with Gasteiger partial charge in [0.05, 0.1) is 11.3 Å². The highest BCUT2D eigenvalue weighted by atomic mass is 127. The molecule has 0 aromatic heterocycles. The van der Waals surface area contributed by atoms with Crippen LogP contribution in [0.1, 0.15) is 10.4 Å². The van der Waals surface area contributed by atoms with Crippen molar-refractivity contribution >= 4 is 62.6 Å². The Kier molecular flexibility index (Phi) is 5.30. The van der Waals surface area contributed by atoms with Crippen molar-refractivity contribution < 1.29 is 9.90 Å². The molecule has 0 spiro atoms. The van der Waals surface area contributed by atoms with Gasteiger partial charge in [-0.15, -0.1) is 0 Å². The highest BCUT2D eigenvalue weighted by Gasteiger charge is 2.14. The quantitative estimate of drug-likeness (QED) is 0.404. The number of halogens is 2. The van der Waals surface area contributed by atoms with Gasteiger partial charge in [-0.1, -0.05) is 0 Å². The molecule has 0 amide bonds. The third-order valence-electron chi connectivity index (χ3n) is 1.78. The first kappa shape index (κ1) is 14.7. The van der Waals surface area contributed by atoms with Gasteiger partial charge in [-0.2, -0.15) is 15.6 Å². The van der Waals surface area contributed by atoms with Crippen LogP contribution in [0, 0.1) is 29.8 Å². The molecule has 90 valence electrons. The molecule has 1 rings (SSSR count). The number of anilines is 1. The Morgan fingerprint density at radius 3 is 2.44 bits per heavy atom. The summed E-state index contributed by atoms with van der Waals surface area (Å²) in [6.07, 6.45) is 0. The fraction of sp³-hybridized carbons (Fsp3) is 0. The molecule has 18 heavy (non-hydrogen) atoms. The third-order valence-corrected chi connectivity index (χ3v) is 3.25. The van der Waals surface area contributed by atoms with E-state index in [0.717, 1.165) is 3.57 Å². The summed E-state index contributed by atoms with van der Waals surface area (Å²) in [6.45, 7) is 0. The molecule has 0 heterocycles. The highest BCUT2D eigenvalue weighted by Crippen LogP contribution is 2.26. The maximum Gasteiger partial charge on any atom is 0.337 e. The Morgan fingerprint density at radius 1 is 1.33 bits per heavy atom. The standard InChI is InChI=1S/C10H4I2N4O2/c11-5-1-7(10(17)18)9(8(12)2-5)16-15-6(3-13)4-14/h1-2,16H,(H,17,18). The van der Waals surface area contributed by atoms with Crippen LogP contribution in [-0.2, 0) is 0 Å². The molecule has 0 aliphatic rings. The van der Waals surface area contributed by atoms with Crippen LogP contribution in [0.4, 0.5) is 5.69 Å². The van der Waals surface area contributed by atoms with Gasteiger partial charge in [-0.3, -0.25) is 5.43 Å². The summed E-state index contributed by atoms with van der Waals surface area (Å²) in [6, 6.07) is 6.38. The smallest absolute Gasteiger partial charge is 0.337 e. The molecule has 0 aliphatic carbocycles. The summed E-state index contributed by atoms with van der Waals surface area (Å²) in [5, 5.41) is 29.7. The molecule has 1 aromatic carbocycles. The molecule has 0 radical (unpaired) electrons. The second-order valence-corrected chi connectivity index (χ2v) is 5.32. The zero-order valence-corrected chi connectivity index (χ0v) is 12.9. The average molecular weight is 466 g/mol. The summed E-state index contributed by atoms with van der Waals surface area (Å²) >= 11 is 3.95. The van der Waals surface area contributed by atoms with E-state index in [4.69, 9.17) is 15.6 Å². The van der Waals surface area contributed by atoms with Gasteiger partial charge in [-0.25, -0.2) is 4.79 Å². The highest BCUT2D eigenvalue weighted by molar-refractivity contribution is 14.1. The lowest BCUT2D eigenvalue weighted by molar-refractivity contribution is 0.0697. The molecule has 0 saturated carbocycles. The molecule has 8 heteroatoms. The van der Waals surface area contributed by atoms with E-state index in [1.807, 2.05) is 45.2 Å². The normalized spacial score (nSPS) is 8.89. The van der Waals surface area contributed by atoms with Gasteiger partial charge in [0.1, 0.15) is 12.1 Å². The van der Waals surface area contributed by atoms with Crippen LogP contribution >= 0.6 is 45.2 Å². The molecule has 0 fully saturated rings. The van der Waals surface area contributed by atoms with Gasteiger partial charge in [0.15, 0.2) is 0 Å². The van der Waals surface area contributed by atoms with E-state index in [1.54, 1.807) is 18.2 Å². The zero-order chi connectivity index (χ0) is 13.7.